The molecule has 0 bridgehead atoms. The van der Waals surface area contributed by atoms with Gasteiger partial charge in [-0.3, -0.25) is 0 Å². The van der Waals surface area contributed by atoms with Gasteiger partial charge < -0.3 is 20.9 Å². The number of hydrogen-bond donors (Lipinski definition) is 2. The van der Waals surface area contributed by atoms with E-state index in [1.165, 1.54) is 11.1 Å². The Morgan fingerprint density at radius 3 is 1.48 bits per heavy atom. The predicted molar refractivity (Wildman–Crippen MR) is 100 cm³/mol. The Morgan fingerprint density at radius 1 is 0.760 bits per heavy atom. The topological polar surface area (TPSA) is 70.5 Å². The zero-order valence-corrected chi connectivity index (χ0v) is 15.0. The number of hydrogen-bond acceptors (Lipinski definition) is 4. The van der Waals surface area contributed by atoms with Gasteiger partial charge in [0.15, 0.2) is 5.79 Å². The summed E-state index contributed by atoms with van der Waals surface area (Å²) in [5.41, 5.74) is 15.4. The van der Waals surface area contributed by atoms with E-state index in [2.05, 4.69) is 24.3 Å². The van der Waals surface area contributed by atoms with E-state index >= 15 is 0 Å². The van der Waals surface area contributed by atoms with Gasteiger partial charge in [-0.2, -0.15) is 0 Å². The lowest BCUT2D eigenvalue weighted by Gasteiger charge is -2.27. The minimum absolute atomic E-state index is 0.170. The fourth-order valence-corrected chi connectivity index (χ4v) is 3.48. The molecular formula is C21H28N2O2. The van der Waals surface area contributed by atoms with Crippen LogP contribution >= 0.6 is 0 Å². The molecule has 0 unspecified atom stereocenters. The van der Waals surface area contributed by atoms with Crippen LogP contribution in [0, 0.1) is 0 Å². The first-order valence-electron chi connectivity index (χ1n) is 8.89. The first-order chi connectivity index (χ1) is 11.9. The standard InChI is InChI=1S/C21H28N2O2/c1-21(2)24-19(17(22)13-15-9-5-3-6-10-15)20(25-21)18(23)14-16-11-7-4-8-12-16/h3-12,17-20H,13-14,22-23H2,1-2H3/t17-,18+,19-,20-/m1/s1. The molecule has 2 aromatic rings. The summed E-state index contributed by atoms with van der Waals surface area (Å²) < 4.78 is 12.3. The molecule has 0 spiro atoms. The van der Waals surface area contributed by atoms with Crippen molar-refractivity contribution in [3.63, 3.8) is 0 Å². The SMILES string of the molecule is CC1(C)O[C@H]([C@H](N)Cc2ccccc2)[C@@H]([C@@H](N)Cc2ccccc2)O1. The maximum Gasteiger partial charge on any atom is 0.163 e. The average Bonchev–Trinajstić information content (AvgIpc) is 2.93. The van der Waals surface area contributed by atoms with Gasteiger partial charge >= 0.3 is 0 Å². The van der Waals surface area contributed by atoms with Crippen molar-refractivity contribution in [3.8, 4) is 0 Å². The first kappa shape index (κ1) is 18.1. The van der Waals surface area contributed by atoms with Crippen LogP contribution in [0.5, 0.6) is 0 Å². The molecule has 4 N–H and O–H groups in total. The average molecular weight is 340 g/mol. The molecule has 4 heteroatoms. The van der Waals surface area contributed by atoms with Gasteiger partial charge in [-0.15, -0.1) is 0 Å². The Bertz CT molecular complexity index is 603. The van der Waals surface area contributed by atoms with Crippen molar-refractivity contribution in [3.05, 3.63) is 71.8 Å². The number of ether oxygens (including phenoxy) is 2. The van der Waals surface area contributed by atoms with Crippen LogP contribution in [0.2, 0.25) is 0 Å². The molecular weight excluding hydrogens is 312 g/mol. The van der Waals surface area contributed by atoms with Gasteiger partial charge in [0.2, 0.25) is 0 Å². The fourth-order valence-electron chi connectivity index (χ4n) is 3.48. The van der Waals surface area contributed by atoms with Crippen LogP contribution < -0.4 is 11.5 Å². The van der Waals surface area contributed by atoms with Crippen molar-refractivity contribution in [2.24, 2.45) is 11.5 Å². The van der Waals surface area contributed by atoms with Gasteiger partial charge in [-0.1, -0.05) is 60.7 Å². The summed E-state index contributed by atoms with van der Waals surface area (Å²) in [5, 5.41) is 0. The summed E-state index contributed by atoms with van der Waals surface area (Å²) in [7, 11) is 0. The Morgan fingerprint density at radius 2 is 1.12 bits per heavy atom. The zero-order valence-electron chi connectivity index (χ0n) is 15.0. The Labute approximate surface area is 150 Å². The summed E-state index contributed by atoms with van der Waals surface area (Å²) in [4.78, 5) is 0. The smallest absolute Gasteiger partial charge is 0.163 e. The molecule has 3 rings (SSSR count). The molecule has 1 fully saturated rings. The molecule has 0 aromatic heterocycles. The maximum absolute atomic E-state index is 6.49. The van der Waals surface area contributed by atoms with Crippen LogP contribution in [0.4, 0.5) is 0 Å². The van der Waals surface area contributed by atoms with E-state index in [0.29, 0.717) is 0 Å². The Kier molecular flexibility index (Phi) is 5.54. The molecule has 0 aliphatic carbocycles. The maximum atomic E-state index is 6.49. The molecule has 0 amide bonds. The molecule has 4 atom stereocenters. The van der Waals surface area contributed by atoms with E-state index in [9.17, 15) is 0 Å². The summed E-state index contributed by atoms with van der Waals surface area (Å²) in [6, 6.07) is 20.1. The van der Waals surface area contributed by atoms with Crippen molar-refractivity contribution >= 4 is 0 Å². The van der Waals surface area contributed by atoms with E-state index in [0.717, 1.165) is 12.8 Å². The van der Waals surface area contributed by atoms with Crippen LogP contribution in [0.25, 0.3) is 0 Å². The normalized spacial score (nSPS) is 24.8. The Balaban J connectivity index is 1.71. The van der Waals surface area contributed by atoms with E-state index < -0.39 is 5.79 Å². The lowest BCUT2D eigenvalue weighted by Crippen LogP contribution is -2.51. The monoisotopic (exact) mass is 340 g/mol. The van der Waals surface area contributed by atoms with Crippen molar-refractivity contribution in [1.29, 1.82) is 0 Å². The second-order valence-corrected chi connectivity index (χ2v) is 7.27. The van der Waals surface area contributed by atoms with E-state index in [1.807, 2.05) is 50.2 Å². The van der Waals surface area contributed by atoms with E-state index in [4.69, 9.17) is 20.9 Å². The fraction of sp³-hybridized carbons (Fsp3) is 0.429. The lowest BCUT2D eigenvalue weighted by molar-refractivity contribution is -0.149. The van der Waals surface area contributed by atoms with Gasteiger partial charge in [0, 0.05) is 12.1 Å². The quantitative estimate of drug-likeness (QED) is 0.848. The number of nitrogens with two attached hydrogens (primary N) is 2. The highest BCUT2D eigenvalue weighted by Gasteiger charge is 2.46. The molecule has 25 heavy (non-hydrogen) atoms. The van der Waals surface area contributed by atoms with E-state index in [-0.39, 0.29) is 24.3 Å². The third kappa shape index (κ3) is 4.67. The van der Waals surface area contributed by atoms with Gasteiger partial charge in [0.25, 0.3) is 0 Å². The molecule has 0 radical (unpaired) electrons. The molecule has 1 aliphatic rings. The van der Waals surface area contributed by atoms with Crippen molar-refractivity contribution in [2.45, 2.75) is 56.8 Å². The molecule has 1 heterocycles. The summed E-state index contributed by atoms with van der Waals surface area (Å²) in [5.74, 6) is -0.669. The largest absolute Gasteiger partial charge is 0.343 e. The van der Waals surface area contributed by atoms with Gasteiger partial charge in [0.1, 0.15) is 12.2 Å². The van der Waals surface area contributed by atoms with Crippen LogP contribution in [0.3, 0.4) is 0 Å². The third-order valence-corrected chi connectivity index (χ3v) is 4.64. The summed E-state index contributed by atoms with van der Waals surface area (Å²) in [6.07, 6.45) is 1.02. The molecule has 1 aliphatic heterocycles. The summed E-state index contributed by atoms with van der Waals surface area (Å²) >= 11 is 0. The van der Waals surface area contributed by atoms with Crippen LogP contribution in [0.15, 0.2) is 60.7 Å². The van der Waals surface area contributed by atoms with Crippen LogP contribution in [0.1, 0.15) is 25.0 Å². The highest BCUT2D eigenvalue weighted by molar-refractivity contribution is 5.18. The minimum Gasteiger partial charge on any atom is -0.343 e. The van der Waals surface area contributed by atoms with Crippen molar-refractivity contribution in [1.82, 2.24) is 0 Å². The minimum atomic E-state index is -0.669. The second-order valence-electron chi connectivity index (χ2n) is 7.27. The van der Waals surface area contributed by atoms with Crippen molar-refractivity contribution < 1.29 is 9.47 Å². The number of benzene rings is 2. The van der Waals surface area contributed by atoms with Crippen LogP contribution in [-0.4, -0.2) is 30.1 Å². The first-order valence-corrected chi connectivity index (χ1v) is 8.89. The molecule has 2 aromatic carbocycles. The van der Waals surface area contributed by atoms with Crippen LogP contribution in [-0.2, 0) is 22.3 Å². The molecule has 4 nitrogen and oxygen atoms in total. The highest BCUT2D eigenvalue weighted by Crippen LogP contribution is 2.32. The summed E-state index contributed by atoms with van der Waals surface area (Å²) in [6.45, 7) is 3.84. The zero-order chi connectivity index (χ0) is 17.9. The number of rotatable bonds is 6. The van der Waals surface area contributed by atoms with Gasteiger partial charge in [0.05, 0.1) is 0 Å². The molecule has 134 valence electrons. The predicted octanol–water partition coefficient (Wildman–Crippen LogP) is 2.65. The van der Waals surface area contributed by atoms with E-state index in [1.54, 1.807) is 0 Å². The lowest BCUT2D eigenvalue weighted by atomic mass is 9.92. The molecule has 1 saturated heterocycles. The highest BCUT2D eigenvalue weighted by atomic mass is 16.8. The van der Waals surface area contributed by atoms with Gasteiger partial charge in [-0.25, -0.2) is 0 Å². The third-order valence-electron chi connectivity index (χ3n) is 4.64. The second kappa shape index (κ2) is 7.67. The van der Waals surface area contributed by atoms with Gasteiger partial charge in [-0.05, 0) is 37.8 Å². The van der Waals surface area contributed by atoms with Crippen molar-refractivity contribution in [2.75, 3.05) is 0 Å². The molecule has 0 saturated carbocycles. The Hall–Kier alpha value is -1.72.